The highest BCUT2D eigenvalue weighted by atomic mass is 16.2. The third-order valence-corrected chi connectivity index (χ3v) is 9.96. The number of pyridine rings is 1. The minimum absolute atomic E-state index is 0.0480. The summed E-state index contributed by atoms with van der Waals surface area (Å²) in [5.74, 6) is 3.24. The van der Waals surface area contributed by atoms with Crippen molar-refractivity contribution in [2.24, 2.45) is 29.1 Å². The van der Waals surface area contributed by atoms with E-state index in [1.54, 1.807) is 0 Å². The van der Waals surface area contributed by atoms with E-state index in [1.807, 2.05) is 33.7 Å². The monoisotopic (exact) mass is 463 g/mol. The Labute approximate surface area is 201 Å². The summed E-state index contributed by atoms with van der Waals surface area (Å²) in [7, 11) is 4.15. The molecule has 3 aliphatic carbocycles. The largest absolute Gasteiger partial charge is 0.350 e. The molecule has 6 rings (SSSR count). The lowest BCUT2D eigenvalue weighted by atomic mass is 9.37. The Morgan fingerprint density at radius 2 is 2.06 bits per heavy atom. The standard InChI is InChI=1S/C27H37N5O2/c1-27-17-9-10-21(27)20(22(27)12-17)14-28-26(34)23-7-4-8-24-29-18(15-32(23)24)13-25(33)31-11-5-6-19(16-31)30(2)3/h4,7-8,15,17,19-22H,5-6,9-14,16H2,1-3H3,(H,28,34)/t17?,19?,20-,21?,22?,27?/m0/s1. The first-order chi connectivity index (χ1) is 16.4. The highest BCUT2D eigenvalue weighted by molar-refractivity contribution is 5.93. The lowest BCUT2D eigenvalue weighted by Crippen LogP contribution is -2.65. The molecule has 7 nitrogen and oxygen atoms in total. The molecular formula is C27H37N5O2. The van der Waals surface area contributed by atoms with Crippen LogP contribution in [0.1, 0.15) is 55.2 Å². The molecule has 4 fully saturated rings. The van der Waals surface area contributed by atoms with Gasteiger partial charge < -0.3 is 15.1 Å². The fourth-order valence-corrected chi connectivity index (χ4v) is 7.91. The number of piperidine rings is 1. The van der Waals surface area contributed by atoms with E-state index >= 15 is 0 Å². The highest BCUT2D eigenvalue weighted by Gasteiger charge is 2.71. The van der Waals surface area contributed by atoms with Crippen molar-refractivity contribution >= 4 is 17.5 Å². The predicted octanol–water partition coefficient (Wildman–Crippen LogP) is 2.84. The molecule has 2 amide bonds. The second-order valence-electron chi connectivity index (χ2n) is 11.6. The molecule has 3 heterocycles. The van der Waals surface area contributed by atoms with Crippen LogP contribution in [0.2, 0.25) is 0 Å². The van der Waals surface area contributed by atoms with E-state index in [0.717, 1.165) is 55.9 Å². The fraction of sp³-hybridized carbons (Fsp3) is 0.667. The van der Waals surface area contributed by atoms with E-state index < -0.39 is 0 Å². The zero-order valence-corrected chi connectivity index (χ0v) is 20.7. The third kappa shape index (κ3) is 3.30. The van der Waals surface area contributed by atoms with Gasteiger partial charge in [-0.2, -0.15) is 0 Å². The molecule has 2 aromatic rings. The second-order valence-corrected chi connectivity index (χ2v) is 11.6. The summed E-state index contributed by atoms with van der Waals surface area (Å²) in [4.78, 5) is 34.9. The molecule has 1 N–H and O–H groups in total. The van der Waals surface area contributed by atoms with Gasteiger partial charge in [0.05, 0.1) is 12.1 Å². The van der Waals surface area contributed by atoms with Gasteiger partial charge in [-0.25, -0.2) is 4.98 Å². The van der Waals surface area contributed by atoms with Crippen LogP contribution in [0.15, 0.2) is 24.4 Å². The number of likely N-dealkylation sites (tertiary alicyclic amines) is 1. The third-order valence-electron chi connectivity index (χ3n) is 9.96. The molecule has 0 radical (unpaired) electrons. The number of carbonyl (C=O) groups excluding carboxylic acids is 2. The summed E-state index contributed by atoms with van der Waals surface area (Å²) in [6.07, 6.45) is 8.37. The van der Waals surface area contributed by atoms with Crippen molar-refractivity contribution in [1.29, 1.82) is 0 Å². The molecular weight excluding hydrogens is 426 g/mol. The maximum atomic E-state index is 13.1. The summed E-state index contributed by atoms with van der Waals surface area (Å²) >= 11 is 0. The number of amides is 2. The van der Waals surface area contributed by atoms with Crippen molar-refractivity contribution in [2.75, 3.05) is 33.7 Å². The van der Waals surface area contributed by atoms with Crippen LogP contribution in [0.4, 0.5) is 0 Å². The van der Waals surface area contributed by atoms with Crippen LogP contribution in [0.25, 0.3) is 5.65 Å². The van der Waals surface area contributed by atoms with Gasteiger partial charge in [-0.3, -0.25) is 14.0 Å². The van der Waals surface area contributed by atoms with E-state index in [-0.39, 0.29) is 18.2 Å². The number of nitrogens with one attached hydrogen (secondary N) is 1. The molecule has 0 aromatic carbocycles. The van der Waals surface area contributed by atoms with Crippen LogP contribution in [0.5, 0.6) is 0 Å². The van der Waals surface area contributed by atoms with Crippen molar-refractivity contribution in [2.45, 2.75) is 51.5 Å². The molecule has 4 aliphatic rings. The molecule has 7 heteroatoms. The molecule has 34 heavy (non-hydrogen) atoms. The number of fused-ring (bicyclic) bond motifs is 1. The average molecular weight is 464 g/mol. The molecule has 0 spiro atoms. The first kappa shape index (κ1) is 22.1. The van der Waals surface area contributed by atoms with E-state index in [2.05, 4.69) is 36.2 Å². The van der Waals surface area contributed by atoms with E-state index in [1.165, 1.54) is 19.3 Å². The van der Waals surface area contributed by atoms with E-state index in [9.17, 15) is 9.59 Å². The quantitative estimate of drug-likeness (QED) is 0.715. The van der Waals surface area contributed by atoms with Crippen LogP contribution < -0.4 is 5.32 Å². The lowest BCUT2D eigenvalue weighted by molar-refractivity contribution is -0.196. The Balaban J connectivity index is 1.12. The minimum Gasteiger partial charge on any atom is -0.350 e. The topological polar surface area (TPSA) is 70.0 Å². The van der Waals surface area contributed by atoms with Gasteiger partial charge in [-0.1, -0.05) is 13.0 Å². The zero-order chi connectivity index (χ0) is 23.6. The average Bonchev–Trinajstić information content (AvgIpc) is 3.22. The SMILES string of the molecule is CN(C)C1CCCN(C(=O)Cc2cn3c(C(=O)NC[C@H]4C5CCC6CC4C65C)cccc3n2)C1. The first-order valence-electron chi connectivity index (χ1n) is 13.1. The van der Waals surface area contributed by atoms with Gasteiger partial charge in [0.1, 0.15) is 11.3 Å². The van der Waals surface area contributed by atoms with Crippen molar-refractivity contribution in [3.05, 3.63) is 35.8 Å². The van der Waals surface area contributed by atoms with Crippen LogP contribution in [0, 0.1) is 29.1 Å². The van der Waals surface area contributed by atoms with Crippen molar-refractivity contribution < 1.29 is 9.59 Å². The van der Waals surface area contributed by atoms with Crippen LogP contribution >= 0.6 is 0 Å². The molecule has 3 saturated carbocycles. The molecule has 5 unspecified atom stereocenters. The van der Waals surface area contributed by atoms with Gasteiger partial charge in [0.15, 0.2) is 0 Å². The van der Waals surface area contributed by atoms with Gasteiger partial charge in [-0.15, -0.1) is 0 Å². The Hall–Kier alpha value is -2.41. The Kier molecular flexibility index (Phi) is 5.24. The highest BCUT2D eigenvalue weighted by Crippen LogP contribution is 2.76. The second kappa shape index (κ2) is 8.08. The number of likely N-dealkylation sites (N-methyl/N-ethyl adjacent to an activating group) is 1. The van der Waals surface area contributed by atoms with E-state index in [0.29, 0.717) is 28.7 Å². The number of nitrogens with zero attached hydrogens (tertiary/aromatic N) is 4. The Bertz CT molecular complexity index is 1130. The number of rotatable bonds is 6. The predicted molar refractivity (Wildman–Crippen MR) is 130 cm³/mol. The summed E-state index contributed by atoms with van der Waals surface area (Å²) in [5.41, 5.74) is 2.60. The summed E-state index contributed by atoms with van der Waals surface area (Å²) in [5, 5.41) is 3.23. The number of hydrogen-bond donors (Lipinski definition) is 1. The molecule has 2 aromatic heterocycles. The van der Waals surface area contributed by atoms with Crippen LogP contribution in [-0.4, -0.2) is 70.8 Å². The van der Waals surface area contributed by atoms with Gasteiger partial charge in [0.25, 0.3) is 5.91 Å². The first-order valence-corrected chi connectivity index (χ1v) is 13.1. The van der Waals surface area contributed by atoms with Gasteiger partial charge >= 0.3 is 0 Å². The maximum absolute atomic E-state index is 13.1. The molecule has 1 saturated heterocycles. The van der Waals surface area contributed by atoms with Crippen molar-refractivity contribution in [3.63, 3.8) is 0 Å². The number of carbonyl (C=O) groups is 2. The molecule has 1 aliphatic heterocycles. The molecule has 182 valence electrons. The van der Waals surface area contributed by atoms with E-state index in [4.69, 9.17) is 0 Å². The summed E-state index contributed by atoms with van der Waals surface area (Å²) in [6.45, 7) is 4.83. The van der Waals surface area contributed by atoms with Gasteiger partial charge in [0, 0.05) is 31.9 Å². The maximum Gasteiger partial charge on any atom is 0.268 e. The Morgan fingerprint density at radius 1 is 1.21 bits per heavy atom. The molecule has 0 bridgehead atoms. The number of aromatic nitrogens is 2. The Morgan fingerprint density at radius 3 is 2.88 bits per heavy atom. The summed E-state index contributed by atoms with van der Waals surface area (Å²) in [6, 6.07) is 6.04. The lowest BCUT2D eigenvalue weighted by Gasteiger charge is -2.68. The van der Waals surface area contributed by atoms with Crippen molar-refractivity contribution in [1.82, 2.24) is 24.5 Å². The van der Waals surface area contributed by atoms with Crippen molar-refractivity contribution in [3.8, 4) is 0 Å². The van der Waals surface area contributed by atoms with Crippen LogP contribution in [0.3, 0.4) is 0 Å². The minimum atomic E-state index is -0.0480. The fourth-order valence-electron chi connectivity index (χ4n) is 7.91. The normalized spacial score (nSPS) is 34.0. The van der Waals surface area contributed by atoms with Crippen LogP contribution in [-0.2, 0) is 11.2 Å². The smallest absolute Gasteiger partial charge is 0.268 e. The van der Waals surface area contributed by atoms with Gasteiger partial charge in [0.2, 0.25) is 5.91 Å². The number of imidazole rings is 1. The zero-order valence-electron chi connectivity index (χ0n) is 20.7. The molecule has 6 atom stereocenters. The number of hydrogen-bond acceptors (Lipinski definition) is 4. The van der Waals surface area contributed by atoms with Gasteiger partial charge in [-0.05, 0) is 87.4 Å². The summed E-state index contributed by atoms with van der Waals surface area (Å²) < 4.78 is 1.84.